The maximum Gasteiger partial charge on any atom is 0.257 e. The molecule has 0 saturated heterocycles. The molecule has 1 aromatic rings. The van der Waals surface area contributed by atoms with Crippen molar-refractivity contribution in [2.24, 2.45) is 5.92 Å². The Kier molecular flexibility index (Phi) is 6.47. The number of nitrogens with one attached hydrogen (secondary N) is 3. The summed E-state index contributed by atoms with van der Waals surface area (Å²) in [6, 6.07) is 0. The predicted octanol–water partition coefficient (Wildman–Crippen LogP) is 1.23. The highest BCUT2D eigenvalue weighted by Crippen LogP contribution is 2.11. The van der Waals surface area contributed by atoms with Crippen LogP contribution in [0, 0.1) is 5.92 Å². The van der Waals surface area contributed by atoms with E-state index in [1.54, 1.807) is 6.20 Å². The number of rotatable bonds is 9. The largest absolute Gasteiger partial charge is 0.313 e. The van der Waals surface area contributed by atoms with Crippen molar-refractivity contribution in [3.8, 4) is 0 Å². The molecule has 0 aliphatic carbocycles. The van der Waals surface area contributed by atoms with Crippen LogP contribution in [-0.4, -0.2) is 31.7 Å². The van der Waals surface area contributed by atoms with Crippen LogP contribution in [0.25, 0.3) is 0 Å². The summed E-state index contributed by atoms with van der Waals surface area (Å²) >= 11 is 0. The first-order valence-corrected chi connectivity index (χ1v) is 8.18. The van der Waals surface area contributed by atoms with Crippen molar-refractivity contribution in [2.75, 3.05) is 13.1 Å². The number of aromatic nitrogens is 2. The summed E-state index contributed by atoms with van der Waals surface area (Å²) in [4.78, 5) is 0. The molecular weight excluding hydrogens is 264 g/mol. The molecule has 110 valence electrons. The molecule has 0 spiro atoms. The van der Waals surface area contributed by atoms with Gasteiger partial charge in [0.25, 0.3) is 10.0 Å². The van der Waals surface area contributed by atoms with Crippen LogP contribution >= 0.6 is 0 Å². The molecule has 0 aromatic carbocycles. The van der Waals surface area contributed by atoms with E-state index >= 15 is 0 Å². The lowest BCUT2D eigenvalue weighted by molar-refractivity contribution is 0.547. The van der Waals surface area contributed by atoms with Gasteiger partial charge in [-0.05, 0) is 25.3 Å². The van der Waals surface area contributed by atoms with Crippen LogP contribution in [0.15, 0.2) is 11.2 Å². The van der Waals surface area contributed by atoms with Crippen molar-refractivity contribution in [1.29, 1.82) is 0 Å². The summed E-state index contributed by atoms with van der Waals surface area (Å²) < 4.78 is 26.8. The number of aromatic amines is 1. The van der Waals surface area contributed by atoms with E-state index in [0.717, 1.165) is 19.4 Å². The van der Waals surface area contributed by atoms with Crippen molar-refractivity contribution in [2.45, 2.75) is 45.2 Å². The van der Waals surface area contributed by atoms with Crippen molar-refractivity contribution < 1.29 is 8.42 Å². The SMILES string of the molecule is CCCNCc1cn[nH]c1S(=O)(=O)NCCC(C)C. The van der Waals surface area contributed by atoms with Crippen LogP contribution < -0.4 is 10.0 Å². The molecule has 3 N–H and O–H groups in total. The summed E-state index contributed by atoms with van der Waals surface area (Å²) in [5.41, 5.74) is 0.672. The van der Waals surface area contributed by atoms with Gasteiger partial charge in [0.2, 0.25) is 0 Å². The van der Waals surface area contributed by atoms with E-state index in [4.69, 9.17) is 0 Å². The maximum absolute atomic E-state index is 12.1. The summed E-state index contributed by atoms with van der Waals surface area (Å²) in [6.45, 7) is 7.99. The Balaban J connectivity index is 2.64. The second-order valence-electron chi connectivity index (χ2n) is 4.98. The molecule has 6 nitrogen and oxygen atoms in total. The minimum atomic E-state index is -3.49. The number of hydrogen-bond acceptors (Lipinski definition) is 4. The fourth-order valence-corrected chi connectivity index (χ4v) is 2.79. The zero-order chi connectivity index (χ0) is 14.3. The minimum Gasteiger partial charge on any atom is -0.313 e. The topological polar surface area (TPSA) is 86.9 Å². The third-order valence-electron chi connectivity index (χ3n) is 2.70. The Morgan fingerprint density at radius 1 is 1.37 bits per heavy atom. The monoisotopic (exact) mass is 288 g/mol. The number of sulfonamides is 1. The molecule has 19 heavy (non-hydrogen) atoms. The molecule has 1 aromatic heterocycles. The van der Waals surface area contributed by atoms with E-state index in [1.807, 2.05) is 0 Å². The molecule has 0 saturated carbocycles. The molecule has 0 unspecified atom stereocenters. The lowest BCUT2D eigenvalue weighted by atomic mass is 10.1. The molecule has 0 atom stereocenters. The van der Waals surface area contributed by atoms with Crippen molar-refractivity contribution in [3.05, 3.63) is 11.8 Å². The number of H-pyrrole nitrogens is 1. The highest BCUT2D eigenvalue weighted by Gasteiger charge is 2.20. The van der Waals surface area contributed by atoms with Crippen molar-refractivity contribution >= 4 is 10.0 Å². The average molecular weight is 288 g/mol. The van der Waals surface area contributed by atoms with Crippen LogP contribution in [0.5, 0.6) is 0 Å². The minimum absolute atomic E-state index is 0.167. The molecular formula is C12H24N4O2S. The maximum atomic E-state index is 12.1. The van der Waals surface area contributed by atoms with Crippen LogP contribution in [0.3, 0.4) is 0 Å². The standard InChI is InChI=1S/C12H24N4O2S/c1-4-6-13-8-11-9-14-16-12(11)19(17,18)15-7-5-10(2)3/h9-10,13,15H,4-8H2,1-3H3,(H,14,16). The second kappa shape index (κ2) is 7.62. The van der Waals surface area contributed by atoms with E-state index in [9.17, 15) is 8.42 Å². The average Bonchev–Trinajstić information content (AvgIpc) is 2.77. The van der Waals surface area contributed by atoms with E-state index in [1.165, 1.54) is 0 Å². The Morgan fingerprint density at radius 3 is 2.74 bits per heavy atom. The Bertz CT molecular complexity index is 468. The van der Waals surface area contributed by atoms with Crippen molar-refractivity contribution in [3.63, 3.8) is 0 Å². The van der Waals surface area contributed by atoms with Crippen LogP contribution in [0.2, 0.25) is 0 Å². The molecule has 0 radical (unpaired) electrons. The summed E-state index contributed by atoms with van der Waals surface area (Å²) in [5.74, 6) is 0.468. The molecule has 1 rings (SSSR count). The lowest BCUT2D eigenvalue weighted by Crippen LogP contribution is -2.27. The molecule has 7 heteroatoms. The zero-order valence-corrected chi connectivity index (χ0v) is 12.7. The highest BCUT2D eigenvalue weighted by atomic mass is 32.2. The van der Waals surface area contributed by atoms with Gasteiger partial charge in [-0.3, -0.25) is 5.10 Å². The molecule has 0 aliphatic heterocycles. The van der Waals surface area contributed by atoms with Gasteiger partial charge in [-0.1, -0.05) is 20.8 Å². The Hall–Kier alpha value is -0.920. The zero-order valence-electron chi connectivity index (χ0n) is 11.9. The van der Waals surface area contributed by atoms with Gasteiger partial charge in [-0.25, -0.2) is 13.1 Å². The Morgan fingerprint density at radius 2 is 2.11 bits per heavy atom. The van der Waals surface area contributed by atoms with E-state index < -0.39 is 10.0 Å². The first-order chi connectivity index (χ1) is 8.97. The van der Waals surface area contributed by atoms with Gasteiger partial charge in [0.15, 0.2) is 5.03 Å². The normalized spacial score (nSPS) is 12.2. The fourth-order valence-electron chi connectivity index (χ4n) is 1.61. The fraction of sp³-hybridized carbons (Fsp3) is 0.750. The molecule has 0 bridgehead atoms. The molecule has 1 heterocycles. The lowest BCUT2D eigenvalue weighted by Gasteiger charge is -2.09. The first kappa shape index (κ1) is 16.1. The van der Waals surface area contributed by atoms with Crippen molar-refractivity contribution in [1.82, 2.24) is 20.2 Å². The van der Waals surface area contributed by atoms with E-state index in [2.05, 4.69) is 41.0 Å². The molecule has 0 fully saturated rings. The molecule has 0 aliphatic rings. The third-order valence-corrected chi connectivity index (χ3v) is 4.18. The van der Waals surface area contributed by atoms with Gasteiger partial charge in [-0.2, -0.15) is 5.10 Å². The second-order valence-corrected chi connectivity index (χ2v) is 6.69. The van der Waals surface area contributed by atoms with E-state index in [-0.39, 0.29) is 5.03 Å². The quantitative estimate of drug-likeness (QED) is 0.597. The number of nitrogens with zero attached hydrogens (tertiary/aromatic N) is 1. The highest BCUT2D eigenvalue weighted by molar-refractivity contribution is 7.89. The van der Waals surface area contributed by atoms with Gasteiger partial charge in [0, 0.05) is 18.7 Å². The van der Waals surface area contributed by atoms with Gasteiger partial charge >= 0.3 is 0 Å². The summed E-state index contributed by atoms with van der Waals surface area (Å²) in [5, 5.41) is 9.74. The van der Waals surface area contributed by atoms with Gasteiger partial charge < -0.3 is 5.32 Å². The van der Waals surface area contributed by atoms with Gasteiger partial charge in [0.1, 0.15) is 0 Å². The Labute approximate surface area is 115 Å². The first-order valence-electron chi connectivity index (χ1n) is 6.70. The summed E-state index contributed by atoms with van der Waals surface area (Å²) in [7, 11) is -3.49. The van der Waals surface area contributed by atoms with Crippen LogP contribution in [0.4, 0.5) is 0 Å². The number of hydrogen-bond donors (Lipinski definition) is 3. The smallest absolute Gasteiger partial charge is 0.257 e. The predicted molar refractivity (Wildman–Crippen MR) is 75.2 cm³/mol. The van der Waals surface area contributed by atoms with Gasteiger partial charge in [-0.15, -0.1) is 0 Å². The van der Waals surface area contributed by atoms with Crippen LogP contribution in [0.1, 0.15) is 39.2 Å². The van der Waals surface area contributed by atoms with Crippen LogP contribution in [-0.2, 0) is 16.6 Å². The summed E-state index contributed by atoms with van der Waals surface area (Å²) in [6.07, 6.45) is 3.38. The molecule has 0 amide bonds. The third kappa shape index (κ3) is 5.30. The van der Waals surface area contributed by atoms with E-state index in [0.29, 0.717) is 24.6 Å². The van der Waals surface area contributed by atoms with Gasteiger partial charge in [0.05, 0.1) is 6.20 Å².